The Hall–Kier alpha value is -1.31. The van der Waals surface area contributed by atoms with Gasteiger partial charge in [0, 0.05) is 23.3 Å². The van der Waals surface area contributed by atoms with Gasteiger partial charge in [0.1, 0.15) is 0 Å². The van der Waals surface area contributed by atoms with Gasteiger partial charge >= 0.3 is 0 Å². The lowest BCUT2D eigenvalue weighted by Gasteiger charge is -2.06. The molecule has 0 atom stereocenters. The van der Waals surface area contributed by atoms with Gasteiger partial charge in [0.05, 0.1) is 0 Å². The third-order valence-electron chi connectivity index (χ3n) is 2.25. The summed E-state index contributed by atoms with van der Waals surface area (Å²) in [7, 11) is 0. The molecule has 0 amide bonds. The number of aryl methyl sites for hydroxylation is 2. The molecule has 104 valence electrons. The molecule has 0 radical (unpaired) electrons. The number of rotatable bonds is 0. The lowest BCUT2D eigenvalue weighted by Crippen LogP contribution is -2.34. The van der Waals surface area contributed by atoms with Crippen molar-refractivity contribution in [1.29, 1.82) is 0 Å². The molecule has 1 heterocycles. The molecular weight excluding hydrogens is 222 g/mol. The quantitative estimate of drug-likeness (QED) is 0.531. The van der Waals surface area contributed by atoms with E-state index < -0.39 is 0 Å². The number of pyridine rings is 1. The molecule has 1 N–H and O–H groups in total. The van der Waals surface area contributed by atoms with E-state index in [1.54, 1.807) is 6.20 Å². The van der Waals surface area contributed by atoms with E-state index in [4.69, 9.17) is 0 Å². The van der Waals surface area contributed by atoms with Crippen LogP contribution < -0.4 is 4.73 Å². The zero-order valence-electron chi connectivity index (χ0n) is 13.1. The van der Waals surface area contributed by atoms with E-state index in [2.05, 4.69) is 12.2 Å². The first-order valence-electron chi connectivity index (χ1n) is 7.18. The number of fused-ring (bicyclic) bond motifs is 1. The molecule has 18 heavy (non-hydrogen) atoms. The van der Waals surface area contributed by atoms with Crippen LogP contribution in [0.4, 0.5) is 0 Å². The van der Waals surface area contributed by atoms with Crippen LogP contribution >= 0.6 is 0 Å². The molecule has 0 aliphatic heterocycles. The number of nitrogens with zero attached hydrogens (tertiary/aromatic N) is 1. The molecule has 0 fully saturated rings. The van der Waals surface area contributed by atoms with E-state index in [9.17, 15) is 5.21 Å². The Labute approximate surface area is 113 Å². The van der Waals surface area contributed by atoms with Crippen molar-refractivity contribution in [2.75, 3.05) is 0 Å². The Bertz CT molecular complexity index is 343. The number of allylic oxidation sites excluding steroid dienone is 1. The maximum absolute atomic E-state index is 9.37. The average Bonchev–Trinajstić information content (AvgIpc) is 2.47. The van der Waals surface area contributed by atoms with Gasteiger partial charge in [0.25, 0.3) is 0 Å². The van der Waals surface area contributed by atoms with Gasteiger partial charge in [-0.25, -0.2) is 0 Å². The second kappa shape index (κ2) is 12.2. The van der Waals surface area contributed by atoms with Crippen LogP contribution in [0.3, 0.4) is 0 Å². The van der Waals surface area contributed by atoms with Gasteiger partial charge < -0.3 is 0 Å². The fourth-order valence-corrected chi connectivity index (χ4v) is 1.52. The highest BCUT2D eigenvalue weighted by Gasteiger charge is 2.12. The summed E-state index contributed by atoms with van der Waals surface area (Å²) >= 11 is 0. The van der Waals surface area contributed by atoms with E-state index in [0.29, 0.717) is 0 Å². The van der Waals surface area contributed by atoms with Crippen LogP contribution in [0.15, 0.2) is 18.3 Å². The van der Waals surface area contributed by atoms with Crippen LogP contribution in [0.25, 0.3) is 6.08 Å². The first kappa shape index (κ1) is 19.0. The summed E-state index contributed by atoms with van der Waals surface area (Å²) in [6.45, 7) is 13.9. The SMILES string of the molecule is CC.CC.CC.Cc1cc2c(c[n+]1O)CCC=C2. The molecule has 0 bridgehead atoms. The lowest BCUT2D eigenvalue weighted by atomic mass is 9.99. The fraction of sp³-hybridized carbons (Fsp3) is 0.562. The zero-order chi connectivity index (χ0) is 14.6. The first-order valence-corrected chi connectivity index (χ1v) is 7.18. The summed E-state index contributed by atoms with van der Waals surface area (Å²) in [5.41, 5.74) is 3.34. The van der Waals surface area contributed by atoms with E-state index in [1.807, 2.05) is 54.5 Å². The summed E-state index contributed by atoms with van der Waals surface area (Å²) in [5, 5.41) is 9.37. The molecule has 2 heteroatoms. The molecule has 2 rings (SSSR count). The predicted octanol–water partition coefficient (Wildman–Crippen LogP) is 4.56. The van der Waals surface area contributed by atoms with Crippen LogP contribution in [0.5, 0.6) is 0 Å². The number of aromatic nitrogens is 1. The summed E-state index contributed by atoms with van der Waals surface area (Å²) in [6.07, 6.45) is 8.20. The van der Waals surface area contributed by atoms with Crippen LogP contribution in [-0.4, -0.2) is 5.21 Å². The van der Waals surface area contributed by atoms with Crippen molar-refractivity contribution < 1.29 is 9.94 Å². The molecule has 0 unspecified atom stereocenters. The van der Waals surface area contributed by atoms with Crippen LogP contribution in [-0.2, 0) is 6.42 Å². The van der Waals surface area contributed by atoms with Crippen molar-refractivity contribution in [2.45, 2.75) is 61.3 Å². The molecule has 0 spiro atoms. The Morgan fingerprint density at radius 3 is 2.17 bits per heavy atom. The molecule has 0 saturated heterocycles. The number of hydrogen-bond acceptors (Lipinski definition) is 1. The topological polar surface area (TPSA) is 24.1 Å². The van der Waals surface area contributed by atoms with E-state index in [0.717, 1.165) is 18.5 Å². The molecule has 0 saturated carbocycles. The Kier molecular flexibility index (Phi) is 12.9. The molecule has 2 nitrogen and oxygen atoms in total. The predicted molar refractivity (Wildman–Crippen MR) is 80.0 cm³/mol. The highest BCUT2D eigenvalue weighted by atomic mass is 16.5. The van der Waals surface area contributed by atoms with Gasteiger partial charge in [-0.1, -0.05) is 53.7 Å². The minimum atomic E-state index is 0.875. The molecule has 1 aromatic rings. The van der Waals surface area contributed by atoms with Gasteiger partial charge in [-0.05, 0) is 18.4 Å². The van der Waals surface area contributed by atoms with Crippen LogP contribution in [0, 0.1) is 6.92 Å². The normalized spacial score (nSPS) is 10.6. The highest BCUT2D eigenvalue weighted by molar-refractivity contribution is 5.55. The van der Waals surface area contributed by atoms with Gasteiger partial charge in [-0.3, -0.25) is 5.21 Å². The second-order valence-electron chi connectivity index (χ2n) is 3.18. The van der Waals surface area contributed by atoms with Gasteiger partial charge in [-0.15, -0.1) is 0 Å². The summed E-state index contributed by atoms with van der Waals surface area (Å²) in [4.78, 5) is 0. The molecular formula is C16H30NO+. The summed E-state index contributed by atoms with van der Waals surface area (Å²) in [6, 6.07) is 2.00. The van der Waals surface area contributed by atoms with Crippen molar-refractivity contribution in [3.05, 3.63) is 35.2 Å². The summed E-state index contributed by atoms with van der Waals surface area (Å²) < 4.78 is 1.19. The highest BCUT2D eigenvalue weighted by Crippen LogP contribution is 2.17. The van der Waals surface area contributed by atoms with Crippen molar-refractivity contribution in [3.63, 3.8) is 0 Å². The Morgan fingerprint density at radius 2 is 1.61 bits per heavy atom. The van der Waals surface area contributed by atoms with Crippen molar-refractivity contribution in [2.24, 2.45) is 0 Å². The third-order valence-corrected chi connectivity index (χ3v) is 2.25. The maximum Gasteiger partial charge on any atom is 0.231 e. The van der Waals surface area contributed by atoms with Crippen molar-refractivity contribution >= 4 is 6.08 Å². The first-order chi connectivity index (χ1) is 8.77. The second-order valence-corrected chi connectivity index (χ2v) is 3.18. The van der Waals surface area contributed by atoms with Gasteiger partial charge in [0.2, 0.25) is 11.9 Å². The average molecular weight is 252 g/mol. The molecule has 1 aliphatic carbocycles. The molecule has 1 aliphatic rings. The van der Waals surface area contributed by atoms with E-state index in [-0.39, 0.29) is 0 Å². The van der Waals surface area contributed by atoms with Gasteiger partial charge in [0.15, 0.2) is 0 Å². The smallest absolute Gasteiger partial charge is 0.231 e. The van der Waals surface area contributed by atoms with Gasteiger partial charge in [-0.2, -0.15) is 0 Å². The minimum absolute atomic E-state index is 0.875. The standard InChI is InChI=1S/C10H12NO.3C2H6/c1-8-6-9-4-2-3-5-10(9)7-11(8)12;3*1-2/h2,4,6-7,12H,3,5H2,1H3;3*1-2H3/q+1;;;. The monoisotopic (exact) mass is 252 g/mol. The molecule has 1 aromatic heterocycles. The lowest BCUT2D eigenvalue weighted by molar-refractivity contribution is -0.909. The van der Waals surface area contributed by atoms with Crippen molar-refractivity contribution in [1.82, 2.24) is 0 Å². The molecule has 0 aromatic carbocycles. The Morgan fingerprint density at radius 1 is 1.06 bits per heavy atom. The minimum Gasteiger partial charge on any atom is -0.285 e. The van der Waals surface area contributed by atoms with E-state index >= 15 is 0 Å². The maximum atomic E-state index is 9.37. The Balaban J connectivity index is 0. The largest absolute Gasteiger partial charge is 0.285 e. The van der Waals surface area contributed by atoms with Crippen LogP contribution in [0.1, 0.15) is 64.8 Å². The van der Waals surface area contributed by atoms with Crippen LogP contribution in [0.2, 0.25) is 0 Å². The zero-order valence-corrected chi connectivity index (χ0v) is 13.1. The van der Waals surface area contributed by atoms with E-state index in [1.165, 1.54) is 15.9 Å². The fourth-order valence-electron chi connectivity index (χ4n) is 1.52. The summed E-state index contributed by atoms with van der Waals surface area (Å²) in [5.74, 6) is 0. The number of hydrogen-bond donors (Lipinski definition) is 1. The third kappa shape index (κ3) is 5.85. The van der Waals surface area contributed by atoms with Crippen molar-refractivity contribution in [3.8, 4) is 0 Å².